The number of ether oxygens (including phenoxy) is 1. The molecule has 7 nitrogen and oxygen atoms in total. The summed E-state index contributed by atoms with van der Waals surface area (Å²) in [5, 5.41) is 11.6. The lowest BCUT2D eigenvalue weighted by molar-refractivity contribution is 0.415. The van der Waals surface area contributed by atoms with Gasteiger partial charge in [0.2, 0.25) is 0 Å². The van der Waals surface area contributed by atoms with Gasteiger partial charge in [-0.05, 0) is 35.9 Å². The Bertz CT molecular complexity index is 974. The third-order valence-corrected chi connectivity index (χ3v) is 5.12. The minimum absolute atomic E-state index is 0.614. The number of hydrogen-bond acceptors (Lipinski definition) is 6. The van der Waals surface area contributed by atoms with Gasteiger partial charge < -0.3 is 9.64 Å². The third kappa shape index (κ3) is 3.09. The van der Waals surface area contributed by atoms with Crippen LogP contribution in [-0.4, -0.2) is 29.7 Å². The van der Waals surface area contributed by atoms with E-state index < -0.39 is 0 Å². The molecule has 1 saturated carbocycles. The number of H-pyrrole nitrogens is 1. The van der Waals surface area contributed by atoms with Gasteiger partial charge in [0.15, 0.2) is 12.0 Å². The van der Waals surface area contributed by atoms with Crippen molar-refractivity contribution >= 4 is 28.9 Å². The summed E-state index contributed by atoms with van der Waals surface area (Å²) in [6.07, 6.45) is 8.23. The first-order valence-electron chi connectivity index (χ1n) is 8.88. The molecule has 0 spiro atoms. The second-order valence-corrected chi connectivity index (χ2v) is 7.22. The summed E-state index contributed by atoms with van der Waals surface area (Å²) in [5.74, 6) is 3.96. The molecule has 3 heterocycles. The number of fused-ring (bicyclic) bond motifs is 1. The molecule has 3 aliphatic rings. The number of anilines is 2. The number of rotatable bonds is 5. The van der Waals surface area contributed by atoms with Crippen molar-refractivity contribution in [3.8, 4) is 5.75 Å². The Morgan fingerprint density at radius 2 is 2.22 bits per heavy atom. The minimum Gasteiger partial charge on any atom is -0.495 e. The van der Waals surface area contributed by atoms with E-state index in [9.17, 15) is 0 Å². The van der Waals surface area contributed by atoms with Gasteiger partial charge in [0.1, 0.15) is 12.3 Å². The Labute approximate surface area is 162 Å². The molecule has 0 bridgehead atoms. The number of aromatic nitrogens is 2. The number of nitrogens with zero attached hydrogens (tertiary/aromatic N) is 4. The van der Waals surface area contributed by atoms with E-state index in [-0.39, 0.29) is 0 Å². The van der Waals surface area contributed by atoms with Crippen molar-refractivity contribution in [1.29, 1.82) is 0 Å². The Balaban J connectivity index is 1.48. The summed E-state index contributed by atoms with van der Waals surface area (Å²) in [6, 6.07) is 7.66. The highest BCUT2D eigenvalue weighted by atomic mass is 35.5. The summed E-state index contributed by atoms with van der Waals surface area (Å²) >= 11 is 6.22. The van der Waals surface area contributed by atoms with Crippen molar-refractivity contribution in [2.75, 3.05) is 23.9 Å². The molecule has 27 heavy (non-hydrogen) atoms. The molecule has 0 amide bonds. The first kappa shape index (κ1) is 16.4. The van der Waals surface area contributed by atoms with E-state index in [0.29, 0.717) is 17.5 Å². The predicted molar refractivity (Wildman–Crippen MR) is 106 cm³/mol. The van der Waals surface area contributed by atoms with E-state index in [1.807, 2.05) is 35.5 Å². The van der Waals surface area contributed by atoms with Gasteiger partial charge in [-0.25, -0.2) is 0 Å². The van der Waals surface area contributed by atoms with Crippen LogP contribution in [0, 0.1) is 0 Å². The first-order valence-corrected chi connectivity index (χ1v) is 9.26. The predicted octanol–water partition coefficient (Wildman–Crippen LogP) is 3.70. The molecule has 2 aliphatic heterocycles. The molecule has 1 aromatic heterocycles. The molecule has 0 unspecified atom stereocenters. The molecule has 1 fully saturated rings. The topological polar surface area (TPSA) is 71.4 Å². The van der Waals surface area contributed by atoms with Crippen LogP contribution in [0.15, 0.2) is 53.7 Å². The highest BCUT2D eigenvalue weighted by Crippen LogP contribution is 2.40. The standard InChI is InChI=1S/C19H19ClN6O/c1-27-16-5-4-13(20)8-15(16)25-10-18-21-6-7-26(18)19(11-25)22-17-9-14(23-24-17)12-2-3-12/h4-9,11-12H,2-3,10H2,1H3,(H2,22,23,24)/q+1. The fraction of sp³-hybridized carbons (Fsp3) is 0.263. The zero-order valence-corrected chi connectivity index (χ0v) is 15.6. The van der Waals surface area contributed by atoms with E-state index in [2.05, 4.69) is 31.5 Å². The van der Waals surface area contributed by atoms with Crippen LogP contribution < -0.4 is 19.9 Å². The zero-order valence-electron chi connectivity index (χ0n) is 14.8. The lowest BCUT2D eigenvalue weighted by atomic mass is 10.2. The van der Waals surface area contributed by atoms with Gasteiger partial charge in [0.05, 0.1) is 25.2 Å². The van der Waals surface area contributed by atoms with E-state index in [0.717, 1.165) is 28.9 Å². The maximum atomic E-state index is 6.22. The van der Waals surface area contributed by atoms with Crippen LogP contribution in [0.2, 0.25) is 5.02 Å². The minimum atomic E-state index is 0.614. The van der Waals surface area contributed by atoms with Crippen LogP contribution >= 0.6 is 11.6 Å². The molecule has 0 atom stereocenters. The average molecular weight is 383 g/mol. The lowest BCUT2D eigenvalue weighted by Crippen LogP contribution is -2.45. The van der Waals surface area contributed by atoms with Crippen molar-refractivity contribution < 1.29 is 4.74 Å². The third-order valence-electron chi connectivity index (χ3n) is 4.89. The second-order valence-electron chi connectivity index (χ2n) is 6.78. The quantitative estimate of drug-likeness (QED) is 0.773. The molecule has 0 saturated heterocycles. The van der Waals surface area contributed by atoms with Gasteiger partial charge >= 0.3 is 0 Å². The molecule has 2 N–H and O–H groups in total. The Morgan fingerprint density at radius 3 is 3.04 bits per heavy atom. The maximum Gasteiger partial charge on any atom is 0.284 e. The Kier molecular flexibility index (Phi) is 3.91. The van der Waals surface area contributed by atoms with Crippen LogP contribution in [0.5, 0.6) is 5.75 Å². The normalized spacial score (nSPS) is 19.0. The highest BCUT2D eigenvalue weighted by molar-refractivity contribution is 6.31. The van der Waals surface area contributed by atoms with Gasteiger partial charge in [0.25, 0.3) is 11.7 Å². The van der Waals surface area contributed by atoms with Crippen molar-refractivity contribution in [2.24, 2.45) is 4.99 Å². The molecular weight excluding hydrogens is 364 g/mol. The summed E-state index contributed by atoms with van der Waals surface area (Å²) in [4.78, 5) is 8.58. The molecule has 1 aromatic carbocycles. The number of hydrogen-bond donors (Lipinski definition) is 2. The van der Waals surface area contributed by atoms with Crippen molar-refractivity contribution in [3.05, 3.63) is 59.4 Å². The fourth-order valence-corrected chi connectivity index (χ4v) is 3.51. The van der Waals surface area contributed by atoms with Gasteiger partial charge in [-0.15, -0.1) is 0 Å². The summed E-state index contributed by atoms with van der Waals surface area (Å²) < 4.78 is 5.52. The number of halogens is 1. The zero-order chi connectivity index (χ0) is 18.4. The van der Waals surface area contributed by atoms with Gasteiger partial charge in [-0.1, -0.05) is 11.6 Å². The van der Waals surface area contributed by atoms with Crippen LogP contribution in [0.1, 0.15) is 24.5 Å². The van der Waals surface area contributed by atoms with Crippen LogP contribution in [-0.2, 0) is 0 Å². The van der Waals surface area contributed by atoms with Gasteiger partial charge in [-0.3, -0.25) is 10.4 Å². The Morgan fingerprint density at radius 1 is 1.33 bits per heavy atom. The molecular formula is C19H19ClN6O+. The van der Waals surface area contributed by atoms with E-state index in [1.165, 1.54) is 18.5 Å². The molecule has 137 valence electrons. The number of aliphatic imine (C=N–C) groups is 1. The second kappa shape index (κ2) is 6.44. The van der Waals surface area contributed by atoms with Crippen LogP contribution in [0.25, 0.3) is 0 Å². The van der Waals surface area contributed by atoms with Gasteiger partial charge in [0, 0.05) is 22.7 Å². The first-order chi connectivity index (χ1) is 13.2. The molecule has 2 aromatic rings. The van der Waals surface area contributed by atoms with Gasteiger partial charge in [-0.2, -0.15) is 10.1 Å². The largest absolute Gasteiger partial charge is 0.495 e. The average Bonchev–Trinajstić information content (AvgIpc) is 3.23. The monoisotopic (exact) mass is 382 g/mol. The van der Waals surface area contributed by atoms with Crippen LogP contribution in [0.3, 0.4) is 0 Å². The van der Waals surface area contributed by atoms with Crippen molar-refractivity contribution in [1.82, 2.24) is 15.1 Å². The van der Waals surface area contributed by atoms with E-state index in [1.54, 1.807) is 13.3 Å². The fourth-order valence-electron chi connectivity index (χ4n) is 3.35. The van der Waals surface area contributed by atoms with E-state index >= 15 is 0 Å². The number of amidine groups is 1. The Hall–Kier alpha value is -2.77. The van der Waals surface area contributed by atoms with Crippen LogP contribution in [0.4, 0.5) is 11.5 Å². The highest BCUT2D eigenvalue weighted by Gasteiger charge is 2.38. The number of nitrogens with one attached hydrogen (secondary N) is 2. The molecule has 8 heteroatoms. The van der Waals surface area contributed by atoms with Crippen molar-refractivity contribution in [2.45, 2.75) is 18.8 Å². The summed E-state index contributed by atoms with van der Waals surface area (Å²) in [5.41, 5.74) is 2.08. The molecule has 5 rings (SSSR count). The lowest BCUT2D eigenvalue weighted by Gasteiger charge is -2.26. The molecule has 1 radical (unpaired) electrons. The maximum absolute atomic E-state index is 6.22. The van der Waals surface area contributed by atoms with E-state index in [4.69, 9.17) is 16.3 Å². The summed E-state index contributed by atoms with van der Waals surface area (Å²) in [6.45, 7) is 0.614. The smallest absolute Gasteiger partial charge is 0.284 e. The number of benzene rings is 1. The SMILES string of the molecule is COc1ccc(Cl)cc1N1C=C(Nc2cc(C3CC3)[nH]n2)[N+]2C=CN=C2C1. The number of aromatic amines is 1. The summed E-state index contributed by atoms with van der Waals surface area (Å²) in [7, 11) is 1.66. The molecule has 1 aliphatic carbocycles. The number of methoxy groups -OCH3 is 1. The van der Waals surface area contributed by atoms with Crippen molar-refractivity contribution in [3.63, 3.8) is 0 Å².